The molecule has 0 bridgehead atoms. The van der Waals surface area contributed by atoms with E-state index in [-0.39, 0.29) is 19.7 Å². The van der Waals surface area contributed by atoms with E-state index in [1.165, 1.54) is 11.0 Å². The summed E-state index contributed by atoms with van der Waals surface area (Å²) in [4.78, 5) is 39.7. The Morgan fingerprint density at radius 3 is 2.77 bits per heavy atom. The minimum absolute atomic E-state index is 0.0859. The van der Waals surface area contributed by atoms with Crippen LogP contribution in [0.5, 0.6) is 0 Å². The number of hydrogen-bond acceptors (Lipinski definition) is 7. The molecule has 9 nitrogen and oxygen atoms in total. The summed E-state index contributed by atoms with van der Waals surface area (Å²) in [6, 6.07) is 4.56. The van der Waals surface area contributed by atoms with Gasteiger partial charge >= 0.3 is 12.2 Å². The van der Waals surface area contributed by atoms with Crippen LogP contribution in [0, 0.1) is 5.82 Å². The molecule has 1 aromatic carbocycles. The SMILES string of the molecule is CCCCCOC(=O)N(C=O)CC1CN(c2ccc(N3CCOCC3)c(F)c2)C(=O)O1. The highest BCUT2D eigenvalue weighted by atomic mass is 19.1. The maximum absolute atomic E-state index is 14.7. The van der Waals surface area contributed by atoms with Gasteiger partial charge in [0.25, 0.3) is 0 Å². The van der Waals surface area contributed by atoms with E-state index in [2.05, 4.69) is 0 Å². The third-order valence-corrected chi connectivity index (χ3v) is 5.20. The van der Waals surface area contributed by atoms with E-state index in [4.69, 9.17) is 14.2 Å². The van der Waals surface area contributed by atoms with Crippen LogP contribution in [0.25, 0.3) is 0 Å². The molecule has 0 saturated carbocycles. The lowest BCUT2D eigenvalue weighted by molar-refractivity contribution is -0.117. The number of unbranched alkanes of at least 4 members (excludes halogenated alkanes) is 2. The number of ether oxygens (including phenoxy) is 3. The maximum Gasteiger partial charge on any atom is 0.416 e. The second-order valence-corrected chi connectivity index (χ2v) is 7.43. The standard InChI is InChI=1S/C21H28FN3O6/c1-2-3-4-9-30-20(27)24(15-26)13-17-14-25(21(28)31-17)16-5-6-19(18(22)12-16)23-7-10-29-11-8-23/h5-6,12,15,17H,2-4,7-11,13-14H2,1H3. The van der Waals surface area contributed by atoms with Gasteiger partial charge in [0, 0.05) is 13.1 Å². The fourth-order valence-electron chi connectivity index (χ4n) is 3.53. The quantitative estimate of drug-likeness (QED) is 0.434. The van der Waals surface area contributed by atoms with Crippen LogP contribution in [0.4, 0.5) is 25.4 Å². The van der Waals surface area contributed by atoms with Crippen molar-refractivity contribution in [2.24, 2.45) is 0 Å². The lowest BCUT2D eigenvalue weighted by atomic mass is 10.2. The van der Waals surface area contributed by atoms with Crippen LogP contribution in [0.3, 0.4) is 0 Å². The number of amides is 3. The van der Waals surface area contributed by atoms with E-state index in [0.717, 1.165) is 17.7 Å². The van der Waals surface area contributed by atoms with E-state index in [9.17, 15) is 18.8 Å². The normalized spacial score (nSPS) is 18.6. The first-order valence-electron chi connectivity index (χ1n) is 10.5. The van der Waals surface area contributed by atoms with Crippen LogP contribution in [-0.2, 0) is 19.0 Å². The van der Waals surface area contributed by atoms with E-state index in [1.54, 1.807) is 12.1 Å². The first kappa shape index (κ1) is 22.8. The number of benzene rings is 1. The smallest absolute Gasteiger partial charge is 0.416 e. The molecule has 1 unspecified atom stereocenters. The van der Waals surface area contributed by atoms with Crippen molar-refractivity contribution in [1.82, 2.24) is 4.90 Å². The molecule has 1 atom stereocenters. The van der Waals surface area contributed by atoms with Gasteiger partial charge in [-0.1, -0.05) is 19.8 Å². The zero-order chi connectivity index (χ0) is 22.2. The Balaban J connectivity index is 1.58. The number of cyclic esters (lactones) is 1. The first-order chi connectivity index (χ1) is 15.0. The van der Waals surface area contributed by atoms with Crippen LogP contribution in [0.1, 0.15) is 26.2 Å². The molecule has 0 radical (unpaired) electrons. The monoisotopic (exact) mass is 437 g/mol. The zero-order valence-electron chi connectivity index (χ0n) is 17.6. The molecular formula is C21H28FN3O6. The summed E-state index contributed by atoms with van der Waals surface area (Å²) >= 11 is 0. The average molecular weight is 437 g/mol. The predicted molar refractivity (Wildman–Crippen MR) is 111 cm³/mol. The summed E-state index contributed by atoms with van der Waals surface area (Å²) in [5, 5.41) is 0. The predicted octanol–water partition coefficient (Wildman–Crippen LogP) is 2.77. The fraction of sp³-hybridized carbons (Fsp3) is 0.571. The highest BCUT2D eigenvalue weighted by Crippen LogP contribution is 2.28. The van der Waals surface area contributed by atoms with Gasteiger partial charge in [-0.3, -0.25) is 9.69 Å². The van der Waals surface area contributed by atoms with Gasteiger partial charge in [0.05, 0.1) is 44.3 Å². The van der Waals surface area contributed by atoms with E-state index >= 15 is 0 Å². The van der Waals surface area contributed by atoms with E-state index < -0.39 is 24.1 Å². The average Bonchev–Trinajstić information content (AvgIpc) is 3.15. The molecule has 1 aromatic rings. The van der Waals surface area contributed by atoms with Crippen molar-refractivity contribution in [2.75, 3.05) is 55.8 Å². The molecule has 2 heterocycles. The van der Waals surface area contributed by atoms with Crippen molar-refractivity contribution >= 4 is 30.0 Å². The highest BCUT2D eigenvalue weighted by Gasteiger charge is 2.35. The van der Waals surface area contributed by atoms with Crippen molar-refractivity contribution < 1.29 is 33.0 Å². The number of carbonyl (C=O) groups excluding carboxylic acids is 3. The summed E-state index contributed by atoms with van der Waals surface area (Å²) < 4.78 is 30.3. The van der Waals surface area contributed by atoms with Crippen molar-refractivity contribution in [3.8, 4) is 0 Å². The molecule has 0 spiro atoms. The number of morpholine rings is 1. The van der Waals surface area contributed by atoms with Gasteiger partial charge in [-0.25, -0.2) is 18.9 Å². The van der Waals surface area contributed by atoms with Gasteiger partial charge in [-0.05, 0) is 24.6 Å². The Bertz CT molecular complexity index is 786. The molecule has 170 valence electrons. The van der Waals surface area contributed by atoms with Crippen LogP contribution in [-0.4, -0.2) is 75.6 Å². The Hall–Kier alpha value is -2.88. The van der Waals surface area contributed by atoms with Crippen molar-refractivity contribution in [1.29, 1.82) is 0 Å². The van der Waals surface area contributed by atoms with E-state index in [0.29, 0.717) is 50.5 Å². The molecular weight excluding hydrogens is 409 g/mol. The minimum Gasteiger partial charge on any atom is -0.449 e. The number of anilines is 2. The molecule has 0 aromatic heterocycles. The molecule has 0 N–H and O–H groups in total. The summed E-state index contributed by atoms with van der Waals surface area (Å²) in [5.41, 5.74) is 0.802. The van der Waals surface area contributed by atoms with Crippen LogP contribution >= 0.6 is 0 Å². The molecule has 3 rings (SSSR count). The van der Waals surface area contributed by atoms with Crippen molar-refractivity contribution in [2.45, 2.75) is 32.3 Å². The van der Waals surface area contributed by atoms with Crippen LogP contribution < -0.4 is 9.80 Å². The summed E-state index contributed by atoms with van der Waals surface area (Å²) in [6.45, 7) is 4.48. The number of nitrogens with zero attached hydrogens (tertiary/aromatic N) is 3. The van der Waals surface area contributed by atoms with Crippen molar-refractivity contribution in [3.05, 3.63) is 24.0 Å². The second kappa shape index (κ2) is 10.9. The Morgan fingerprint density at radius 1 is 1.32 bits per heavy atom. The summed E-state index contributed by atoms with van der Waals surface area (Å²) in [6.07, 6.45) is 0.805. The van der Waals surface area contributed by atoms with Gasteiger partial charge in [0.2, 0.25) is 6.41 Å². The zero-order valence-corrected chi connectivity index (χ0v) is 17.6. The van der Waals surface area contributed by atoms with Gasteiger partial charge in [-0.15, -0.1) is 0 Å². The van der Waals surface area contributed by atoms with Gasteiger partial charge < -0.3 is 19.1 Å². The highest BCUT2D eigenvalue weighted by molar-refractivity contribution is 5.90. The molecule has 3 amide bonds. The third-order valence-electron chi connectivity index (χ3n) is 5.20. The number of hydrogen-bond donors (Lipinski definition) is 0. The lowest BCUT2D eigenvalue weighted by Gasteiger charge is -2.29. The summed E-state index contributed by atoms with van der Waals surface area (Å²) in [7, 11) is 0. The minimum atomic E-state index is -0.776. The van der Waals surface area contributed by atoms with Gasteiger partial charge in [0.15, 0.2) is 0 Å². The molecule has 2 aliphatic rings. The lowest BCUT2D eigenvalue weighted by Crippen LogP contribution is -2.38. The summed E-state index contributed by atoms with van der Waals surface area (Å²) in [5.74, 6) is -0.444. The van der Waals surface area contributed by atoms with Gasteiger partial charge in [-0.2, -0.15) is 0 Å². The van der Waals surface area contributed by atoms with Gasteiger partial charge in [0.1, 0.15) is 11.9 Å². The van der Waals surface area contributed by atoms with Crippen LogP contribution in [0.15, 0.2) is 18.2 Å². The molecule has 31 heavy (non-hydrogen) atoms. The number of imide groups is 1. The largest absolute Gasteiger partial charge is 0.449 e. The Labute approximate surface area is 180 Å². The second-order valence-electron chi connectivity index (χ2n) is 7.43. The molecule has 0 aliphatic carbocycles. The topological polar surface area (TPSA) is 88.6 Å². The maximum atomic E-state index is 14.7. The number of rotatable bonds is 9. The third kappa shape index (κ3) is 5.84. The molecule has 2 fully saturated rings. The molecule has 2 aliphatic heterocycles. The number of halogens is 1. The van der Waals surface area contributed by atoms with Crippen LogP contribution in [0.2, 0.25) is 0 Å². The molecule has 10 heteroatoms. The molecule has 2 saturated heterocycles. The van der Waals surface area contributed by atoms with E-state index in [1.807, 2.05) is 11.8 Å². The Kier molecular flexibility index (Phi) is 8.05. The Morgan fingerprint density at radius 2 is 2.10 bits per heavy atom. The fourth-order valence-corrected chi connectivity index (χ4v) is 3.53. The van der Waals surface area contributed by atoms with Crippen molar-refractivity contribution in [3.63, 3.8) is 0 Å². The first-order valence-corrected chi connectivity index (χ1v) is 10.5. The number of carbonyl (C=O) groups is 3.